The van der Waals surface area contributed by atoms with Crippen molar-refractivity contribution in [1.29, 1.82) is 0 Å². The van der Waals surface area contributed by atoms with Crippen LogP contribution in [0.5, 0.6) is 0 Å². The molecule has 0 aliphatic rings. The van der Waals surface area contributed by atoms with Gasteiger partial charge in [0, 0.05) is 29.6 Å². The van der Waals surface area contributed by atoms with Crippen molar-refractivity contribution >= 4 is 22.7 Å². The first kappa shape index (κ1) is 21.6. The first-order valence-corrected chi connectivity index (χ1v) is 10.7. The van der Waals surface area contributed by atoms with Crippen LogP contribution in [0.3, 0.4) is 0 Å². The van der Waals surface area contributed by atoms with Gasteiger partial charge in [0.25, 0.3) is 5.69 Å². The van der Waals surface area contributed by atoms with Gasteiger partial charge in [-0.05, 0) is 42.5 Å². The summed E-state index contributed by atoms with van der Waals surface area (Å²) in [5.41, 5.74) is 5.06. The van der Waals surface area contributed by atoms with E-state index >= 15 is 0 Å². The van der Waals surface area contributed by atoms with Crippen LogP contribution in [0.15, 0.2) is 64.0 Å². The van der Waals surface area contributed by atoms with E-state index in [2.05, 4.69) is 50.0 Å². The van der Waals surface area contributed by atoms with Gasteiger partial charge in [-0.3, -0.25) is 15.1 Å². The van der Waals surface area contributed by atoms with Crippen molar-refractivity contribution in [2.24, 2.45) is 10.1 Å². The maximum absolute atomic E-state index is 11.0. The van der Waals surface area contributed by atoms with Crippen molar-refractivity contribution in [2.45, 2.75) is 40.0 Å². The fourth-order valence-electron chi connectivity index (χ4n) is 3.01. The third kappa shape index (κ3) is 4.74. The molecule has 0 unspecified atom stereocenters. The van der Waals surface area contributed by atoms with E-state index in [4.69, 9.17) is 5.10 Å². The number of hydrogen-bond acceptors (Lipinski definition) is 5. The lowest BCUT2D eigenvalue weighted by atomic mass is 9.86. The maximum atomic E-state index is 11.0. The second kappa shape index (κ2) is 8.75. The second-order valence-corrected chi connectivity index (χ2v) is 8.84. The molecule has 1 heterocycles. The van der Waals surface area contributed by atoms with Gasteiger partial charge in [-0.1, -0.05) is 45.0 Å². The molecule has 0 aliphatic carbocycles. The molecule has 0 fully saturated rings. The molecule has 1 aromatic heterocycles. The predicted octanol–water partition coefficient (Wildman–Crippen LogP) is 5.62. The van der Waals surface area contributed by atoms with Crippen molar-refractivity contribution in [3.63, 3.8) is 0 Å². The van der Waals surface area contributed by atoms with Crippen LogP contribution >= 0.6 is 11.3 Å². The third-order valence-corrected chi connectivity index (χ3v) is 5.63. The van der Waals surface area contributed by atoms with Crippen LogP contribution in [0.4, 0.5) is 5.69 Å². The highest BCUT2D eigenvalue weighted by Crippen LogP contribution is 2.24. The minimum atomic E-state index is -0.396. The van der Waals surface area contributed by atoms with Crippen LogP contribution in [-0.4, -0.2) is 21.9 Å². The summed E-state index contributed by atoms with van der Waals surface area (Å²) >= 11 is 1.50. The van der Waals surface area contributed by atoms with E-state index in [1.54, 1.807) is 12.1 Å². The lowest BCUT2D eigenvalue weighted by Crippen LogP contribution is -2.15. The van der Waals surface area contributed by atoms with Crippen molar-refractivity contribution < 1.29 is 4.92 Å². The average molecular weight is 423 g/mol. The maximum Gasteiger partial charge on any atom is 0.269 e. The number of nitro groups is 1. The highest BCUT2D eigenvalue weighted by Gasteiger charge is 2.14. The monoisotopic (exact) mass is 422 g/mol. The van der Waals surface area contributed by atoms with Gasteiger partial charge in [0.1, 0.15) is 0 Å². The molecule has 0 N–H and O–H groups in total. The standard InChI is InChI=1S/C23H26N4O2S/c1-6-24-22-26(21(15-30-22)18-9-13-20(14-10-18)27(28)29)25-16(2)17-7-11-19(12-8-17)23(3,4)5/h7-15H,6H2,1-5H3. The Labute approximate surface area is 180 Å². The minimum Gasteiger partial charge on any atom is -0.258 e. The predicted molar refractivity (Wildman–Crippen MR) is 123 cm³/mol. The van der Waals surface area contributed by atoms with Crippen molar-refractivity contribution in [3.8, 4) is 11.3 Å². The van der Waals surface area contributed by atoms with Crippen molar-refractivity contribution in [1.82, 2.24) is 4.68 Å². The Morgan fingerprint density at radius 2 is 1.73 bits per heavy atom. The van der Waals surface area contributed by atoms with Gasteiger partial charge < -0.3 is 0 Å². The molecule has 0 spiro atoms. The number of nitrogens with zero attached hydrogens (tertiary/aromatic N) is 4. The zero-order chi connectivity index (χ0) is 21.9. The average Bonchev–Trinajstić information content (AvgIpc) is 3.10. The summed E-state index contributed by atoms with van der Waals surface area (Å²) < 4.78 is 1.82. The summed E-state index contributed by atoms with van der Waals surface area (Å²) in [5, 5.41) is 17.8. The highest BCUT2D eigenvalue weighted by molar-refractivity contribution is 7.07. The first-order chi connectivity index (χ1) is 14.2. The zero-order valence-electron chi connectivity index (χ0n) is 17.9. The van der Waals surface area contributed by atoms with Gasteiger partial charge in [0.2, 0.25) is 4.80 Å². The Bertz CT molecular complexity index is 1130. The number of nitro benzene ring substituents is 1. The SMILES string of the molecule is CCN=c1scc(-c2ccc([N+](=O)[O-])cc2)n1N=C(C)c1ccc(C(C)(C)C)cc1. The molecule has 6 nitrogen and oxygen atoms in total. The Morgan fingerprint density at radius 3 is 2.27 bits per heavy atom. The van der Waals surface area contributed by atoms with Gasteiger partial charge >= 0.3 is 0 Å². The fraction of sp³-hybridized carbons (Fsp3) is 0.304. The zero-order valence-corrected chi connectivity index (χ0v) is 18.7. The van der Waals surface area contributed by atoms with E-state index in [0.717, 1.165) is 27.3 Å². The highest BCUT2D eigenvalue weighted by atomic mass is 32.1. The quantitative estimate of drug-likeness (QED) is 0.304. The Morgan fingerprint density at radius 1 is 1.10 bits per heavy atom. The summed E-state index contributed by atoms with van der Waals surface area (Å²) in [6.07, 6.45) is 0. The van der Waals surface area contributed by atoms with Crippen molar-refractivity contribution in [2.75, 3.05) is 6.54 Å². The van der Waals surface area contributed by atoms with Gasteiger partial charge in [-0.15, -0.1) is 11.3 Å². The topological polar surface area (TPSA) is 72.8 Å². The lowest BCUT2D eigenvalue weighted by molar-refractivity contribution is -0.384. The third-order valence-electron chi connectivity index (χ3n) is 4.77. The van der Waals surface area contributed by atoms with E-state index in [-0.39, 0.29) is 11.1 Å². The Balaban J connectivity index is 2.05. The molecule has 0 atom stereocenters. The number of benzene rings is 2. The van der Waals surface area contributed by atoms with Gasteiger partial charge in [-0.25, -0.2) is 4.68 Å². The number of non-ortho nitro benzene ring substituents is 1. The molecule has 0 bridgehead atoms. The molecule has 0 aliphatic heterocycles. The van der Waals surface area contributed by atoms with E-state index in [1.165, 1.54) is 29.0 Å². The molecule has 30 heavy (non-hydrogen) atoms. The number of hydrogen-bond donors (Lipinski definition) is 0. The Hall–Kier alpha value is -3.06. The van der Waals surface area contributed by atoms with Crippen molar-refractivity contribution in [3.05, 3.63) is 80.0 Å². The molecule has 156 valence electrons. The molecule has 2 aromatic carbocycles. The summed E-state index contributed by atoms with van der Waals surface area (Å²) in [5.74, 6) is 0. The molecule has 3 rings (SSSR count). The molecule has 0 amide bonds. The molecule has 3 aromatic rings. The van der Waals surface area contributed by atoms with E-state index < -0.39 is 4.92 Å². The van der Waals surface area contributed by atoms with Crippen LogP contribution in [0, 0.1) is 10.1 Å². The first-order valence-electron chi connectivity index (χ1n) is 9.83. The van der Waals surface area contributed by atoms with Crippen LogP contribution in [0.25, 0.3) is 11.3 Å². The number of rotatable bonds is 5. The lowest BCUT2D eigenvalue weighted by Gasteiger charge is -2.19. The second-order valence-electron chi connectivity index (χ2n) is 8.01. The van der Waals surface area contributed by atoms with Crippen LogP contribution < -0.4 is 4.80 Å². The van der Waals surface area contributed by atoms with Gasteiger partial charge in [0.15, 0.2) is 0 Å². The molecule has 0 saturated heterocycles. The Kier molecular flexibility index (Phi) is 6.31. The number of aromatic nitrogens is 1. The molecular weight excluding hydrogens is 396 g/mol. The molecule has 0 radical (unpaired) electrons. The van der Waals surface area contributed by atoms with Gasteiger partial charge in [0.05, 0.1) is 16.3 Å². The molecule has 0 saturated carbocycles. The summed E-state index contributed by atoms with van der Waals surface area (Å²) in [4.78, 5) is 15.9. The summed E-state index contributed by atoms with van der Waals surface area (Å²) in [7, 11) is 0. The molecular formula is C23H26N4O2S. The van der Waals surface area contributed by atoms with Crippen LogP contribution in [0.2, 0.25) is 0 Å². The summed E-state index contributed by atoms with van der Waals surface area (Å²) in [6.45, 7) is 11.2. The van der Waals surface area contributed by atoms with E-state index in [9.17, 15) is 10.1 Å². The molecule has 7 heteroatoms. The van der Waals surface area contributed by atoms with E-state index in [0.29, 0.717) is 6.54 Å². The van der Waals surface area contributed by atoms with Gasteiger partial charge in [-0.2, -0.15) is 5.10 Å². The largest absolute Gasteiger partial charge is 0.269 e. The summed E-state index contributed by atoms with van der Waals surface area (Å²) in [6, 6.07) is 15.0. The smallest absolute Gasteiger partial charge is 0.258 e. The van der Waals surface area contributed by atoms with Crippen LogP contribution in [0.1, 0.15) is 45.7 Å². The fourth-order valence-corrected chi connectivity index (χ4v) is 3.91. The normalized spacial score (nSPS) is 13.0. The number of thiazole rings is 1. The van der Waals surface area contributed by atoms with Crippen LogP contribution in [-0.2, 0) is 5.41 Å². The van der Waals surface area contributed by atoms with E-state index in [1.807, 2.05) is 23.9 Å². The minimum absolute atomic E-state index is 0.0672.